The van der Waals surface area contributed by atoms with Crippen LogP contribution in [0, 0.1) is 5.92 Å². The highest BCUT2D eigenvalue weighted by Gasteiger charge is 2.70. The summed E-state index contributed by atoms with van der Waals surface area (Å²) in [5, 5.41) is 0. The standard InChI is InChI=1S/C13H20O4/c1-7-8(14)6-12(4)9-10(13(7,5)17-12)16-11(2,3)15-9/h7,9-10H,6H2,1-5H3/t7-,9-,10+,12+,13-/m1/s1. The SMILES string of the molecule is C[C@@H]1C(=O)C[C@]2(C)O[C@@]1(C)[C@H]1OC(C)(C)O[C@H]12. The molecule has 17 heavy (non-hydrogen) atoms. The van der Waals surface area contributed by atoms with Crippen molar-refractivity contribution >= 4 is 5.78 Å². The molecule has 3 aliphatic rings. The maximum Gasteiger partial charge on any atom is 0.164 e. The average Bonchev–Trinajstić information content (AvgIpc) is 2.58. The van der Waals surface area contributed by atoms with E-state index in [1.165, 1.54) is 0 Å². The van der Waals surface area contributed by atoms with Crippen molar-refractivity contribution in [2.24, 2.45) is 5.92 Å². The van der Waals surface area contributed by atoms with Crippen molar-refractivity contribution < 1.29 is 19.0 Å². The zero-order valence-electron chi connectivity index (χ0n) is 11.1. The Balaban J connectivity index is 2.06. The van der Waals surface area contributed by atoms with Crippen LogP contribution >= 0.6 is 0 Å². The van der Waals surface area contributed by atoms with Crippen molar-refractivity contribution in [3.8, 4) is 0 Å². The first-order valence-corrected chi connectivity index (χ1v) is 6.26. The molecule has 96 valence electrons. The molecule has 0 unspecified atom stereocenters. The monoisotopic (exact) mass is 240 g/mol. The molecular formula is C13H20O4. The van der Waals surface area contributed by atoms with Gasteiger partial charge in [-0.25, -0.2) is 0 Å². The topological polar surface area (TPSA) is 44.8 Å². The molecule has 3 fully saturated rings. The van der Waals surface area contributed by atoms with Crippen LogP contribution in [0.25, 0.3) is 0 Å². The molecule has 0 N–H and O–H groups in total. The summed E-state index contributed by atoms with van der Waals surface area (Å²) in [6.07, 6.45) is 0.130. The minimum atomic E-state index is -0.582. The van der Waals surface area contributed by atoms with Crippen molar-refractivity contribution in [2.75, 3.05) is 0 Å². The molecule has 0 aliphatic carbocycles. The second kappa shape index (κ2) is 2.92. The summed E-state index contributed by atoms with van der Waals surface area (Å²) in [6, 6.07) is 0. The van der Waals surface area contributed by atoms with Gasteiger partial charge in [-0.15, -0.1) is 0 Å². The van der Waals surface area contributed by atoms with E-state index in [0.29, 0.717) is 6.42 Å². The number of carbonyl (C=O) groups excluding carboxylic acids is 1. The fraction of sp³-hybridized carbons (Fsp3) is 0.923. The number of ether oxygens (including phenoxy) is 3. The molecule has 0 amide bonds. The summed E-state index contributed by atoms with van der Waals surface area (Å²) in [5.41, 5.74) is -1.08. The summed E-state index contributed by atoms with van der Waals surface area (Å²) in [6.45, 7) is 9.70. The van der Waals surface area contributed by atoms with Gasteiger partial charge in [-0.2, -0.15) is 0 Å². The number of hydrogen-bond donors (Lipinski definition) is 0. The molecular weight excluding hydrogens is 220 g/mol. The van der Waals surface area contributed by atoms with Crippen LogP contribution in [-0.4, -0.2) is 35.0 Å². The molecule has 0 aromatic rings. The zero-order chi connectivity index (χ0) is 12.6. The molecule has 0 spiro atoms. The Morgan fingerprint density at radius 1 is 1.12 bits per heavy atom. The lowest BCUT2D eigenvalue weighted by Crippen LogP contribution is -2.52. The van der Waals surface area contributed by atoms with E-state index in [0.717, 1.165) is 0 Å². The largest absolute Gasteiger partial charge is 0.362 e. The highest BCUT2D eigenvalue weighted by molar-refractivity contribution is 5.84. The van der Waals surface area contributed by atoms with E-state index in [4.69, 9.17) is 14.2 Å². The maximum absolute atomic E-state index is 12.1. The first-order chi connectivity index (χ1) is 7.68. The van der Waals surface area contributed by atoms with E-state index in [-0.39, 0.29) is 23.9 Å². The minimum Gasteiger partial charge on any atom is -0.362 e. The van der Waals surface area contributed by atoms with E-state index < -0.39 is 17.0 Å². The van der Waals surface area contributed by atoms with Crippen LogP contribution in [0.3, 0.4) is 0 Å². The van der Waals surface area contributed by atoms with Crippen LogP contribution in [0.15, 0.2) is 0 Å². The Hall–Kier alpha value is -0.450. The molecule has 0 aromatic carbocycles. The summed E-state index contributed by atoms with van der Waals surface area (Å²) < 4.78 is 18.1. The predicted octanol–water partition coefficient (Wildman–Crippen LogP) is 1.66. The van der Waals surface area contributed by atoms with E-state index in [9.17, 15) is 4.79 Å². The number of fused-ring (bicyclic) bond motifs is 5. The number of ketones is 1. The normalized spacial score (nSPS) is 56.1. The van der Waals surface area contributed by atoms with Crippen molar-refractivity contribution in [3.05, 3.63) is 0 Å². The third kappa shape index (κ3) is 1.32. The molecule has 0 aromatic heterocycles. The molecule has 3 aliphatic heterocycles. The van der Waals surface area contributed by atoms with E-state index in [1.54, 1.807) is 0 Å². The van der Waals surface area contributed by atoms with Gasteiger partial charge < -0.3 is 14.2 Å². The summed E-state index contributed by atoms with van der Waals surface area (Å²) in [7, 11) is 0. The van der Waals surface area contributed by atoms with Gasteiger partial charge >= 0.3 is 0 Å². The van der Waals surface area contributed by atoms with Gasteiger partial charge in [0.05, 0.1) is 0 Å². The Labute approximate surface area is 102 Å². The Morgan fingerprint density at radius 3 is 2.35 bits per heavy atom. The molecule has 0 saturated carbocycles. The van der Waals surface area contributed by atoms with Crippen molar-refractivity contribution in [1.82, 2.24) is 0 Å². The summed E-state index contributed by atoms with van der Waals surface area (Å²) in [5.74, 6) is -0.467. The molecule has 3 rings (SSSR count). The van der Waals surface area contributed by atoms with Gasteiger partial charge in [0.2, 0.25) is 0 Å². The Morgan fingerprint density at radius 2 is 1.71 bits per heavy atom. The van der Waals surface area contributed by atoms with Gasteiger partial charge in [0.25, 0.3) is 0 Å². The molecule has 4 nitrogen and oxygen atoms in total. The lowest BCUT2D eigenvalue weighted by molar-refractivity contribution is -0.245. The zero-order valence-corrected chi connectivity index (χ0v) is 11.1. The van der Waals surface area contributed by atoms with Crippen LogP contribution in [-0.2, 0) is 19.0 Å². The van der Waals surface area contributed by atoms with Crippen LogP contribution in [0.2, 0.25) is 0 Å². The third-order valence-electron chi connectivity index (χ3n) is 4.58. The van der Waals surface area contributed by atoms with Crippen molar-refractivity contribution in [3.63, 3.8) is 0 Å². The van der Waals surface area contributed by atoms with Gasteiger partial charge in [0.15, 0.2) is 5.79 Å². The van der Waals surface area contributed by atoms with E-state index in [2.05, 4.69) is 0 Å². The third-order valence-corrected chi connectivity index (χ3v) is 4.58. The fourth-order valence-electron chi connectivity index (χ4n) is 3.53. The maximum atomic E-state index is 12.1. The van der Waals surface area contributed by atoms with Gasteiger partial charge in [-0.05, 0) is 27.7 Å². The lowest BCUT2D eigenvalue weighted by atomic mass is 9.82. The average molecular weight is 240 g/mol. The highest BCUT2D eigenvalue weighted by Crippen LogP contribution is 2.56. The van der Waals surface area contributed by atoms with Gasteiger partial charge in [0, 0.05) is 12.3 Å². The first kappa shape index (κ1) is 11.6. The molecule has 2 bridgehead atoms. The van der Waals surface area contributed by atoms with Crippen LogP contribution in [0.1, 0.15) is 41.0 Å². The first-order valence-electron chi connectivity index (χ1n) is 6.26. The van der Waals surface area contributed by atoms with E-state index >= 15 is 0 Å². The van der Waals surface area contributed by atoms with Crippen LogP contribution in [0.4, 0.5) is 0 Å². The Bertz CT molecular complexity index is 391. The minimum absolute atomic E-state index is 0.136. The van der Waals surface area contributed by atoms with Gasteiger partial charge in [0.1, 0.15) is 29.2 Å². The molecule has 3 saturated heterocycles. The van der Waals surface area contributed by atoms with Gasteiger partial charge in [-0.3, -0.25) is 4.79 Å². The van der Waals surface area contributed by atoms with Crippen molar-refractivity contribution in [2.45, 2.75) is 70.2 Å². The number of Topliss-reactive ketones (excluding diaryl/α,β-unsaturated/α-hetero) is 1. The molecule has 4 heteroatoms. The fourth-order valence-corrected chi connectivity index (χ4v) is 3.53. The quantitative estimate of drug-likeness (QED) is 0.646. The summed E-state index contributed by atoms with van der Waals surface area (Å²) in [4.78, 5) is 12.1. The number of carbonyl (C=O) groups is 1. The van der Waals surface area contributed by atoms with Crippen LogP contribution in [0.5, 0.6) is 0 Å². The van der Waals surface area contributed by atoms with E-state index in [1.807, 2.05) is 34.6 Å². The second-order valence-corrected chi connectivity index (χ2v) is 6.44. The van der Waals surface area contributed by atoms with Gasteiger partial charge in [-0.1, -0.05) is 6.92 Å². The summed E-state index contributed by atoms with van der Waals surface area (Å²) >= 11 is 0. The Kier molecular flexibility index (Phi) is 2.00. The number of rotatable bonds is 0. The molecule has 0 radical (unpaired) electrons. The highest BCUT2D eigenvalue weighted by atomic mass is 16.8. The van der Waals surface area contributed by atoms with Crippen molar-refractivity contribution in [1.29, 1.82) is 0 Å². The molecule has 5 atom stereocenters. The lowest BCUT2D eigenvalue weighted by Gasteiger charge is -2.42. The number of hydrogen-bond acceptors (Lipinski definition) is 4. The second-order valence-electron chi connectivity index (χ2n) is 6.44. The predicted molar refractivity (Wildman–Crippen MR) is 60.5 cm³/mol. The van der Waals surface area contributed by atoms with Crippen LogP contribution < -0.4 is 0 Å². The molecule has 3 heterocycles. The smallest absolute Gasteiger partial charge is 0.164 e.